The number of halogens is 2. The molecule has 3 aromatic rings. The lowest BCUT2D eigenvalue weighted by atomic mass is 9.85. The molecule has 1 atom stereocenters. The Balaban J connectivity index is 1.18. The van der Waals surface area contributed by atoms with E-state index in [1.807, 2.05) is 23.1 Å². The Hall–Kier alpha value is -2.60. The molecule has 7 heteroatoms. The van der Waals surface area contributed by atoms with E-state index in [2.05, 4.69) is 16.5 Å². The minimum Gasteiger partial charge on any atom is -0.508 e. The third-order valence-electron chi connectivity index (χ3n) is 7.44. The Kier molecular flexibility index (Phi) is 7.01. The summed E-state index contributed by atoms with van der Waals surface area (Å²) in [7, 11) is 0. The zero-order valence-electron chi connectivity index (χ0n) is 19.6. The van der Waals surface area contributed by atoms with Crippen molar-refractivity contribution in [1.29, 1.82) is 0 Å². The Morgan fingerprint density at radius 1 is 1.03 bits per heavy atom. The second kappa shape index (κ2) is 10.2. The van der Waals surface area contributed by atoms with E-state index < -0.39 is 0 Å². The number of phenolic OH excluding ortho intramolecular Hbond substituents is 1. The quantitative estimate of drug-likeness (QED) is 0.440. The second-order valence-electron chi connectivity index (χ2n) is 9.65. The number of piperidine rings is 2. The lowest BCUT2D eigenvalue weighted by Crippen LogP contribution is -2.49. The fourth-order valence-electron chi connectivity index (χ4n) is 5.43. The van der Waals surface area contributed by atoms with Crippen molar-refractivity contribution in [3.8, 4) is 5.75 Å². The monoisotopic (exact) mass is 509 g/mol. The molecule has 182 valence electrons. The Morgan fingerprint density at radius 2 is 1.83 bits per heavy atom. The normalized spacial score (nSPS) is 19.9. The van der Waals surface area contributed by atoms with Crippen LogP contribution in [0.3, 0.4) is 0 Å². The number of pyridine rings is 1. The third-order valence-corrected chi connectivity index (χ3v) is 8.18. The van der Waals surface area contributed by atoms with E-state index in [1.165, 1.54) is 11.1 Å². The number of rotatable bonds is 4. The first-order valence-electron chi connectivity index (χ1n) is 12.1. The topological polar surface area (TPSA) is 56.7 Å². The Morgan fingerprint density at radius 3 is 2.57 bits per heavy atom. The zero-order valence-corrected chi connectivity index (χ0v) is 21.1. The Bertz CT molecular complexity index is 1270. The van der Waals surface area contributed by atoms with Crippen LogP contribution in [0.5, 0.6) is 5.75 Å². The number of amides is 1. The number of carbonyl (C=O) groups is 1. The molecule has 2 aliphatic heterocycles. The maximum absolute atomic E-state index is 13.3. The van der Waals surface area contributed by atoms with Crippen LogP contribution < -0.4 is 0 Å². The standard InChI is InChI=1S/C28H29Cl2N3O2/c1-18-17-33(11-7-20(18)14-19-2-4-25(29)26(30)15-19)21-8-12-32(13-9-21)28(35)23-6-10-31-27-5-3-22(34)16-24(23)27/h2-6,10,15-16,20-21,34H,1,7-9,11-14,17H2/t20-/m1/s1. The van der Waals surface area contributed by atoms with Gasteiger partial charge >= 0.3 is 0 Å². The van der Waals surface area contributed by atoms with Gasteiger partial charge in [-0.05, 0) is 80.1 Å². The van der Waals surface area contributed by atoms with Gasteiger partial charge in [0.15, 0.2) is 0 Å². The van der Waals surface area contributed by atoms with Crippen LogP contribution in [0.1, 0.15) is 35.2 Å². The highest BCUT2D eigenvalue weighted by atomic mass is 35.5. The molecule has 1 N–H and O–H groups in total. The molecule has 1 amide bonds. The van der Waals surface area contributed by atoms with Gasteiger partial charge in [-0.2, -0.15) is 0 Å². The first kappa shape index (κ1) is 24.1. The smallest absolute Gasteiger partial charge is 0.254 e. The summed E-state index contributed by atoms with van der Waals surface area (Å²) in [5.41, 5.74) is 3.78. The zero-order chi connectivity index (χ0) is 24.5. The van der Waals surface area contributed by atoms with E-state index in [9.17, 15) is 9.90 Å². The molecule has 2 aliphatic rings. The van der Waals surface area contributed by atoms with Gasteiger partial charge in [0.2, 0.25) is 0 Å². The maximum Gasteiger partial charge on any atom is 0.254 e. The molecule has 0 aliphatic carbocycles. The summed E-state index contributed by atoms with van der Waals surface area (Å²) in [5, 5.41) is 11.8. The van der Waals surface area contributed by atoms with Gasteiger partial charge in [-0.15, -0.1) is 0 Å². The summed E-state index contributed by atoms with van der Waals surface area (Å²) < 4.78 is 0. The SMILES string of the molecule is C=C1CN(C2CCN(C(=O)c3ccnc4ccc(O)cc34)CC2)CC[C@@H]1Cc1ccc(Cl)c(Cl)c1. The van der Waals surface area contributed by atoms with Gasteiger partial charge in [-0.3, -0.25) is 14.7 Å². The average Bonchev–Trinajstić information content (AvgIpc) is 2.87. The third kappa shape index (κ3) is 5.18. The molecule has 0 spiro atoms. The first-order chi connectivity index (χ1) is 16.9. The predicted molar refractivity (Wildman–Crippen MR) is 141 cm³/mol. The summed E-state index contributed by atoms with van der Waals surface area (Å²) in [6, 6.07) is 13.0. The van der Waals surface area contributed by atoms with E-state index >= 15 is 0 Å². The van der Waals surface area contributed by atoms with Crippen molar-refractivity contribution < 1.29 is 9.90 Å². The maximum atomic E-state index is 13.3. The summed E-state index contributed by atoms with van der Waals surface area (Å²) in [6.45, 7) is 7.79. The minimum atomic E-state index is 0.00573. The van der Waals surface area contributed by atoms with E-state index in [0.717, 1.165) is 51.9 Å². The fourth-order valence-corrected chi connectivity index (χ4v) is 5.75. The summed E-state index contributed by atoms with van der Waals surface area (Å²) in [6.07, 6.45) is 5.57. The summed E-state index contributed by atoms with van der Waals surface area (Å²) in [4.78, 5) is 22.1. The van der Waals surface area contributed by atoms with Crippen LogP contribution in [-0.4, -0.2) is 58.0 Å². The molecule has 5 rings (SSSR count). The van der Waals surface area contributed by atoms with Crippen molar-refractivity contribution in [2.24, 2.45) is 5.92 Å². The van der Waals surface area contributed by atoms with Gasteiger partial charge in [0.25, 0.3) is 5.91 Å². The predicted octanol–water partition coefficient (Wildman–Crippen LogP) is 5.97. The van der Waals surface area contributed by atoms with Gasteiger partial charge in [0, 0.05) is 37.3 Å². The molecular formula is C28H29Cl2N3O2. The number of nitrogens with zero attached hydrogens (tertiary/aromatic N) is 3. The van der Waals surface area contributed by atoms with Crippen molar-refractivity contribution in [2.75, 3.05) is 26.2 Å². The fraction of sp³-hybridized carbons (Fsp3) is 0.357. The molecule has 0 unspecified atom stereocenters. The number of likely N-dealkylation sites (tertiary alicyclic amines) is 2. The van der Waals surface area contributed by atoms with Crippen molar-refractivity contribution >= 4 is 40.0 Å². The summed E-state index contributed by atoms with van der Waals surface area (Å²) in [5.74, 6) is 0.591. The molecule has 2 aromatic carbocycles. The highest BCUT2D eigenvalue weighted by Gasteiger charge is 2.31. The van der Waals surface area contributed by atoms with Crippen molar-refractivity contribution in [3.05, 3.63) is 82.0 Å². The molecule has 2 fully saturated rings. The molecule has 5 nitrogen and oxygen atoms in total. The first-order valence-corrected chi connectivity index (χ1v) is 12.9. The highest BCUT2D eigenvalue weighted by molar-refractivity contribution is 6.42. The number of hydrogen-bond acceptors (Lipinski definition) is 4. The molecule has 0 bridgehead atoms. The second-order valence-corrected chi connectivity index (χ2v) is 10.5. The van der Waals surface area contributed by atoms with Crippen LogP contribution in [0.25, 0.3) is 10.9 Å². The number of phenols is 1. The lowest BCUT2D eigenvalue weighted by molar-refractivity contribution is 0.0603. The van der Waals surface area contributed by atoms with Gasteiger partial charge in [0.1, 0.15) is 5.75 Å². The molecule has 2 saturated heterocycles. The van der Waals surface area contributed by atoms with Crippen molar-refractivity contribution in [3.63, 3.8) is 0 Å². The molecule has 1 aromatic heterocycles. The van der Waals surface area contributed by atoms with Gasteiger partial charge in [-0.1, -0.05) is 41.4 Å². The molecule has 0 radical (unpaired) electrons. The highest BCUT2D eigenvalue weighted by Crippen LogP contribution is 2.31. The van der Waals surface area contributed by atoms with E-state index in [-0.39, 0.29) is 11.7 Å². The van der Waals surface area contributed by atoms with Crippen LogP contribution in [0.4, 0.5) is 0 Å². The lowest BCUT2D eigenvalue weighted by Gasteiger charge is -2.42. The number of aromatic nitrogens is 1. The van der Waals surface area contributed by atoms with Crippen LogP contribution in [-0.2, 0) is 6.42 Å². The molecular weight excluding hydrogens is 481 g/mol. The van der Waals surface area contributed by atoms with E-state index in [4.69, 9.17) is 23.2 Å². The van der Waals surface area contributed by atoms with Crippen LogP contribution in [0.2, 0.25) is 10.0 Å². The largest absolute Gasteiger partial charge is 0.508 e. The van der Waals surface area contributed by atoms with Crippen molar-refractivity contribution in [1.82, 2.24) is 14.8 Å². The Labute approximate surface area is 216 Å². The minimum absolute atomic E-state index is 0.00573. The number of fused-ring (bicyclic) bond motifs is 1. The molecule has 35 heavy (non-hydrogen) atoms. The number of carbonyl (C=O) groups excluding carboxylic acids is 1. The van der Waals surface area contributed by atoms with Gasteiger partial charge in [-0.25, -0.2) is 0 Å². The molecule has 3 heterocycles. The molecule has 0 saturated carbocycles. The van der Waals surface area contributed by atoms with E-state index in [1.54, 1.807) is 30.5 Å². The number of benzene rings is 2. The number of aromatic hydroxyl groups is 1. The van der Waals surface area contributed by atoms with Crippen LogP contribution in [0.15, 0.2) is 60.8 Å². The van der Waals surface area contributed by atoms with Crippen molar-refractivity contribution in [2.45, 2.75) is 31.7 Å². The van der Waals surface area contributed by atoms with Crippen LogP contribution in [0, 0.1) is 5.92 Å². The van der Waals surface area contributed by atoms with Crippen LogP contribution >= 0.6 is 23.2 Å². The van der Waals surface area contributed by atoms with Gasteiger partial charge in [0.05, 0.1) is 21.1 Å². The van der Waals surface area contributed by atoms with Gasteiger partial charge < -0.3 is 10.0 Å². The summed E-state index contributed by atoms with van der Waals surface area (Å²) >= 11 is 12.3. The average molecular weight is 510 g/mol. The number of hydrogen-bond donors (Lipinski definition) is 1. The van der Waals surface area contributed by atoms with E-state index in [0.29, 0.717) is 38.5 Å².